The number of carbonyl (C=O) groups excluding carboxylic acids is 1. The topological polar surface area (TPSA) is 38.3 Å². The van der Waals surface area contributed by atoms with Crippen LogP contribution < -0.4 is 5.32 Å². The van der Waals surface area contributed by atoms with Gasteiger partial charge in [0.05, 0.1) is 11.9 Å². The van der Waals surface area contributed by atoms with Crippen LogP contribution in [0.15, 0.2) is 41.3 Å². The summed E-state index contributed by atoms with van der Waals surface area (Å²) >= 11 is 7.81. The van der Waals surface area contributed by atoms with Crippen LogP contribution in [-0.2, 0) is 9.53 Å². The Labute approximate surface area is 146 Å². The number of ether oxygens (including phenoxy) is 1. The number of fused-ring (bicyclic) bond motifs is 1. The van der Waals surface area contributed by atoms with Gasteiger partial charge >= 0.3 is 0 Å². The average Bonchev–Trinajstić information content (AvgIpc) is 2.52. The molecular formula is C18H22ClNO2S. The smallest absolute Gasteiger partial charge is 0.230 e. The molecule has 0 heterocycles. The minimum atomic E-state index is 0.0311. The predicted octanol–water partition coefficient (Wildman–Crippen LogP) is 4.52. The summed E-state index contributed by atoms with van der Waals surface area (Å²) in [5.74, 6) is 0.415. The Morgan fingerprint density at radius 2 is 2.00 bits per heavy atom. The van der Waals surface area contributed by atoms with Crippen molar-refractivity contribution in [1.82, 2.24) is 5.32 Å². The van der Waals surface area contributed by atoms with Crippen LogP contribution in [0.1, 0.15) is 20.3 Å². The molecule has 1 amide bonds. The molecule has 0 saturated heterocycles. The number of rotatable bonds is 8. The zero-order chi connectivity index (χ0) is 16.7. The Bertz CT molecular complexity index is 655. The van der Waals surface area contributed by atoms with E-state index in [9.17, 15) is 4.79 Å². The summed E-state index contributed by atoms with van der Waals surface area (Å²) in [6, 6.07) is 11.9. The molecule has 3 nitrogen and oxygen atoms in total. The third-order valence-electron chi connectivity index (χ3n) is 3.27. The van der Waals surface area contributed by atoms with Crippen LogP contribution in [0.3, 0.4) is 0 Å². The van der Waals surface area contributed by atoms with E-state index in [0.29, 0.717) is 18.9 Å². The van der Waals surface area contributed by atoms with Crippen molar-refractivity contribution in [2.45, 2.75) is 31.3 Å². The molecule has 2 rings (SSSR count). The van der Waals surface area contributed by atoms with Gasteiger partial charge in [-0.15, -0.1) is 11.8 Å². The average molecular weight is 352 g/mol. The largest absolute Gasteiger partial charge is 0.379 e. The molecule has 1 N–H and O–H groups in total. The lowest BCUT2D eigenvalue weighted by molar-refractivity contribution is -0.118. The van der Waals surface area contributed by atoms with Gasteiger partial charge in [-0.3, -0.25) is 4.79 Å². The highest BCUT2D eigenvalue weighted by Crippen LogP contribution is 2.32. The molecule has 0 aliphatic rings. The maximum atomic E-state index is 11.9. The van der Waals surface area contributed by atoms with Crippen molar-refractivity contribution in [2.75, 3.05) is 18.9 Å². The first-order valence-electron chi connectivity index (χ1n) is 7.76. The van der Waals surface area contributed by atoms with Crippen molar-refractivity contribution in [2.24, 2.45) is 0 Å². The monoisotopic (exact) mass is 351 g/mol. The number of halogens is 1. The number of nitrogens with one attached hydrogen (secondary N) is 1. The molecule has 0 radical (unpaired) electrons. The van der Waals surface area contributed by atoms with Crippen molar-refractivity contribution in [3.8, 4) is 0 Å². The summed E-state index contributed by atoms with van der Waals surface area (Å²) in [4.78, 5) is 13.0. The Kier molecular flexibility index (Phi) is 7.21. The van der Waals surface area contributed by atoms with Crippen LogP contribution in [0, 0.1) is 0 Å². The van der Waals surface area contributed by atoms with Crippen molar-refractivity contribution in [3.05, 3.63) is 41.4 Å². The minimum absolute atomic E-state index is 0.0311. The lowest BCUT2D eigenvalue weighted by Gasteiger charge is -2.09. The Morgan fingerprint density at radius 3 is 2.74 bits per heavy atom. The van der Waals surface area contributed by atoms with E-state index < -0.39 is 0 Å². The van der Waals surface area contributed by atoms with Gasteiger partial charge in [0, 0.05) is 28.5 Å². The second-order valence-electron chi connectivity index (χ2n) is 5.51. The quantitative estimate of drug-likeness (QED) is 0.561. The summed E-state index contributed by atoms with van der Waals surface area (Å²) in [6.07, 6.45) is 1.06. The zero-order valence-corrected chi connectivity index (χ0v) is 15.0. The SMILES string of the molecule is CC(C)OCCCNC(=O)CSc1cccc2cccc(Cl)c12. The molecule has 2 aromatic carbocycles. The van der Waals surface area contributed by atoms with Gasteiger partial charge in [0.25, 0.3) is 0 Å². The molecule has 0 atom stereocenters. The van der Waals surface area contributed by atoms with Crippen LogP contribution in [0.25, 0.3) is 10.8 Å². The van der Waals surface area contributed by atoms with E-state index >= 15 is 0 Å². The molecule has 0 aromatic heterocycles. The van der Waals surface area contributed by atoms with Crippen molar-refractivity contribution in [1.29, 1.82) is 0 Å². The first-order chi connectivity index (χ1) is 11.1. The number of hydrogen-bond acceptors (Lipinski definition) is 3. The molecule has 0 spiro atoms. The molecule has 0 aliphatic carbocycles. The third kappa shape index (κ3) is 5.72. The lowest BCUT2D eigenvalue weighted by atomic mass is 10.1. The van der Waals surface area contributed by atoms with E-state index in [2.05, 4.69) is 5.32 Å². The summed E-state index contributed by atoms with van der Waals surface area (Å²) in [6.45, 7) is 5.32. The van der Waals surface area contributed by atoms with E-state index in [-0.39, 0.29) is 12.0 Å². The summed E-state index contributed by atoms with van der Waals surface area (Å²) in [5.41, 5.74) is 0. The molecule has 5 heteroatoms. The Hall–Kier alpha value is -1.23. The van der Waals surface area contributed by atoms with E-state index in [1.54, 1.807) is 0 Å². The van der Waals surface area contributed by atoms with Gasteiger partial charge in [-0.2, -0.15) is 0 Å². The van der Waals surface area contributed by atoms with Crippen LogP contribution in [-0.4, -0.2) is 30.9 Å². The number of carbonyl (C=O) groups is 1. The highest BCUT2D eigenvalue weighted by molar-refractivity contribution is 8.00. The van der Waals surface area contributed by atoms with Gasteiger partial charge in [-0.1, -0.05) is 35.9 Å². The number of benzene rings is 2. The van der Waals surface area contributed by atoms with Gasteiger partial charge in [0.1, 0.15) is 0 Å². The second-order valence-corrected chi connectivity index (χ2v) is 6.93. The molecule has 0 aliphatic heterocycles. The molecule has 124 valence electrons. The Balaban J connectivity index is 1.83. The maximum Gasteiger partial charge on any atom is 0.230 e. The van der Waals surface area contributed by atoms with Gasteiger partial charge in [-0.05, 0) is 37.8 Å². The van der Waals surface area contributed by atoms with Crippen molar-refractivity contribution < 1.29 is 9.53 Å². The zero-order valence-electron chi connectivity index (χ0n) is 13.5. The van der Waals surface area contributed by atoms with E-state index in [4.69, 9.17) is 16.3 Å². The van der Waals surface area contributed by atoms with Crippen molar-refractivity contribution >= 4 is 40.0 Å². The summed E-state index contributed by atoms with van der Waals surface area (Å²) < 4.78 is 5.44. The molecule has 0 unspecified atom stereocenters. The fourth-order valence-electron chi connectivity index (χ4n) is 2.20. The van der Waals surface area contributed by atoms with Crippen LogP contribution >= 0.6 is 23.4 Å². The normalized spacial score (nSPS) is 11.1. The van der Waals surface area contributed by atoms with E-state index in [1.807, 2.05) is 50.2 Å². The Morgan fingerprint density at radius 1 is 1.26 bits per heavy atom. The molecule has 23 heavy (non-hydrogen) atoms. The highest BCUT2D eigenvalue weighted by atomic mass is 35.5. The predicted molar refractivity (Wildman–Crippen MR) is 98.4 cm³/mol. The molecular weight excluding hydrogens is 330 g/mol. The van der Waals surface area contributed by atoms with Gasteiger partial charge in [0.2, 0.25) is 5.91 Å². The summed E-state index contributed by atoms with van der Waals surface area (Å²) in [5, 5.41) is 5.74. The third-order valence-corrected chi connectivity index (χ3v) is 4.64. The number of hydrogen-bond donors (Lipinski definition) is 1. The van der Waals surface area contributed by atoms with E-state index in [0.717, 1.165) is 27.1 Å². The fourth-order valence-corrected chi connectivity index (χ4v) is 3.47. The molecule has 0 fully saturated rings. The lowest BCUT2D eigenvalue weighted by Crippen LogP contribution is -2.27. The highest BCUT2D eigenvalue weighted by Gasteiger charge is 2.08. The van der Waals surface area contributed by atoms with Gasteiger partial charge in [-0.25, -0.2) is 0 Å². The summed E-state index contributed by atoms with van der Waals surface area (Å²) in [7, 11) is 0. The van der Waals surface area contributed by atoms with Crippen LogP contribution in [0.2, 0.25) is 5.02 Å². The number of thioether (sulfide) groups is 1. The maximum absolute atomic E-state index is 11.9. The van der Waals surface area contributed by atoms with E-state index in [1.165, 1.54) is 11.8 Å². The second kappa shape index (κ2) is 9.16. The first-order valence-corrected chi connectivity index (χ1v) is 9.12. The fraction of sp³-hybridized carbons (Fsp3) is 0.389. The molecule has 2 aromatic rings. The molecule has 0 saturated carbocycles. The van der Waals surface area contributed by atoms with Gasteiger partial charge in [0.15, 0.2) is 0 Å². The van der Waals surface area contributed by atoms with Crippen LogP contribution in [0.4, 0.5) is 0 Å². The molecule has 0 bridgehead atoms. The van der Waals surface area contributed by atoms with Gasteiger partial charge < -0.3 is 10.1 Å². The van der Waals surface area contributed by atoms with Crippen molar-refractivity contribution in [3.63, 3.8) is 0 Å². The van der Waals surface area contributed by atoms with Crippen LogP contribution in [0.5, 0.6) is 0 Å². The number of amides is 1. The minimum Gasteiger partial charge on any atom is -0.379 e. The first kappa shape index (κ1) is 18.1. The standard InChI is InChI=1S/C18H22ClNO2S/c1-13(2)22-11-5-10-20-17(21)12-23-16-9-4-7-14-6-3-8-15(19)18(14)16/h3-4,6-9,13H,5,10-12H2,1-2H3,(H,20,21).